The number of esters is 1. The summed E-state index contributed by atoms with van der Waals surface area (Å²) in [5, 5.41) is 2.28. The largest absolute Gasteiger partial charge is 0.460 e. The van der Waals surface area contributed by atoms with Crippen LogP contribution in [0.15, 0.2) is 60.7 Å². The number of hydrogen-bond donors (Lipinski definition) is 1. The lowest BCUT2D eigenvalue weighted by Crippen LogP contribution is -2.34. The minimum Gasteiger partial charge on any atom is -0.460 e. The number of hydrogen-bond acceptors (Lipinski definition) is 3. The molecule has 3 aromatic rings. The Balaban J connectivity index is 1.66. The van der Waals surface area contributed by atoms with Gasteiger partial charge in [-0.15, -0.1) is 0 Å². The van der Waals surface area contributed by atoms with Crippen LogP contribution in [0.1, 0.15) is 22.3 Å². The summed E-state index contributed by atoms with van der Waals surface area (Å²) >= 11 is 0. The third-order valence-electron chi connectivity index (χ3n) is 4.29. The van der Waals surface area contributed by atoms with Crippen LogP contribution in [-0.4, -0.2) is 12.0 Å². The highest BCUT2D eigenvalue weighted by atomic mass is 16.5. The third-order valence-corrected chi connectivity index (χ3v) is 4.29. The van der Waals surface area contributed by atoms with Gasteiger partial charge in [0.15, 0.2) is 0 Å². The molecule has 128 valence electrons. The average Bonchev–Trinajstić information content (AvgIpc) is 2.59. The molecular formula is C22H23NO2. The molecule has 0 saturated heterocycles. The van der Waals surface area contributed by atoms with Crippen LogP contribution in [0.4, 0.5) is 0 Å². The fourth-order valence-electron chi connectivity index (χ4n) is 3.20. The maximum atomic E-state index is 12.3. The molecule has 0 aliphatic heterocycles. The Morgan fingerprint density at radius 2 is 1.68 bits per heavy atom. The number of carbonyl (C=O) groups is 1. The quantitative estimate of drug-likeness (QED) is 0.716. The Kier molecular flexibility index (Phi) is 5.15. The van der Waals surface area contributed by atoms with E-state index in [1.54, 1.807) is 0 Å². The van der Waals surface area contributed by atoms with Gasteiger partial charge in [0.05, 0.1) is 0 Å². The second-order valence-corrected chi connectivity index (χ2v) is 6.55. The Bertz CT molecular complexity index is 876. The van der Waals surface area contributed by atoms with Crippen LogP contribution < -0.4 is 5.73 Å². The molecule has 2 N–H and O–H groups in total. The zero-order valence-electron chi connectivity index (χ0n) is 14.7. The highest BCUT2D eigenvalue weighted by molar-refractivity contribution is 5.86. The van der Waals surface area contributed by atoms with E-state index in [1.165, 1.54) is 0 Å². The first-order valence-corrected chi connectivity index (χ1v) is 8.49. The molecule has 0 spiro atoms. The molecule has 3 nitrogen and oxygen atoms in total. The number of benzene rings is 3. The van der Waals surface area contributed by atoms with E-state index in [0.29, 0.717) is 6.42 Å². The predicted octanol–water partition coefficient (Wildman–Crippen LogP) is 4.07. The molecule has 0 aromatic heterocycles. The number of fused-ring (bicyclic) bond motifs is 1. The maximum Gasteiger partial charge on any atom is 0.323 e. The number of ether oxygens (including phenoxy) is 1. The first-order valence-electron chi connectivity index (χ1n) is 8.49. The van der Waals surface area contributed by atoms with Crippen molar-refractivity contribution < 1.29 is 9.53 Å². The van der Waals surface area contributed by atoms with Crippen molar-refractivity contribution in [3.05, 3.63) is 82.9 Å². The lowest BCUT2D eigenvalue weighted by molar-refractivity contribution is -0.146. The number of nitrogens with two attached hydrogens (primary N) is 1. The van der Waals surface area contributed by atoms with Crippen LogP contribution in [0.2, 0.25) is 0 Å². The second-order valence-electron chi connectivity index (χ2n) is 6.55. The summed E-state index contributed by atoms with van der Waals surface area (Å²) in [6.07, 6.45) is 0.465. The molecule has 3 rings (SSSR count). The van der Waals surface area contributed by atoms with Crippen LogP contribution >= 0.6 is 0 Å². The number of rotatable bonds is 5. The predicted molar refractivity (Wildman–Crippen MR) is 101 cm³/mol. The third kappa shape index (κ3) is 4.25. The molecule has 0 amide bonds. The molecule has 0 heterocycles. The minimum absolute atomic E-state index is 0.255. The highest BCUT2D eigenvalue weighted by Gasteiger charge is 2.17. The lowest BCUT2D eigenvalue weighted by atomic mass is 9.99. The van der Waals surface area contributed by atoms with Crippen molar-refractivity contribution in [2.24, 2.45) is 5.73 Å². The molecule has 0 saturated carbocycles. The van der Waals surface area contributed by atoms with E-state index >= 15 is 0 Å². The summed E-state index contributed by atoms with van der Waals surface area (Å²) in [7, 11) is 0. The number of carbonyl (C=O) groups excluding carboxylic acids is 1. The van der Waals surface area contributed by atoms with Crippen molar-refractivity contribution in [1.82, 2.24) is 0 Å². The van der Waals surface area contributed by atoms with Gasteiger partial charge in [0, 0.05) is 0 Å². The summed E-state index contributed by atoms with van der Waals surface area (Å²) in [5.74, 6) is -0.368. The highest BCUT2D eigenvalue weighted by Crippen LogP contribution is 2.20. The molecule has 0 bridgehead atoms. The zero-order chi connectivity index (χ0) is 17.8. The van der Waals surface area contributed by atoms with E-state index in [4.69, 9.17) is 10.5 Å². The summed E-state index contributed by atoms with van der Waals surface area (Å²) < 4.78 is 5.42. The molecule has 0 unspecified atom stereocenters. The first kappa shape index (κ1) is 17.2. The van der Waals surface area contributed by atoms with Gasteiger partial charge in [-0.3, -0.25) is 4.79 Å². The van der Waals surface area contributed by atoms with E-state index in [0.717, 1.165) is 33.0 Å². The fourth-order valence-corrected chi connectivity index (χ4v) is 3.20. The Labute approximate surface area is 148 Å². The van der Waals surface area contributed by atoms with E-state index < -0.39 is 6.04 Å². The normalized spacial score (nSPS) is 12.1. The SMILES string of the molecule is Cc1cc(C)cc(COC(=O)[C@@H](N)Cc2cccc3ccccc23)c1. The monoisotopic (exact) mass is 333 g/mol. The fraction of sp³-hybridized carbons (Fsp3) is 0.227. The maximum absolute atomic E-state index is 12.3. The van der Waals surface area contributed by atoms with E-state index in [2.05, 4.69) is 24.3 Å². The molecule has 3 heteroatoms. The van der Waals surface area contributed by atoms with Gasteiger partial charge in [0.2, 0.25) is 0 Å². The van der Waals surface area contributed by atoms with Gasteiger partial charge in [0.1, 0.15) is 12.6 Å². The topological polar surface area (TPSA) is 52.3 Å². The average molecular weight is 333 g/mol. The first-order chi connectivity index (χ1) is 12.0. The van der Waals surface area contributed by atoms with E-state index in [1.807, 2.05) is 50.2 Å². The molecule has 1 atom stereocenters. The van der Waals surface area contributed by atoms with Crippen LogP contribution in [0.3, 0.4) is 0 Å². The van der Waals surface area contributed by atoms with Crippen molar-refractivity contribution in [2.45, 2.75) is 32.9 Å². The molecule has 0 radical (unpaired) electrons. The van der Waals surface area contributed by atoms with Gasteiger partial charge in [0.25, 0.3) is 0 Å². The molecule has 0 aliphatic carbocycles. The Morgan fingerprint density at radius 1 is 1.00 bits per heavy atom. The van der Waals surface area contributed by atoms with Gasteiger partial charge >= 0.3 is 5.97 Å². The summed E-state index contributed by atoms with van der Waals surface area (Å²) in [6, 6.07) is 19.6. The van der Waals surface area contributed by atoms with Crippen LogP contribution in [0.5, 0.6) is 0 Å². The van der Waals surface area contributed by atoms with Gasteiger partial charge in [-0.05, 0) is 42.2 Å². The second kappa shape index (κ2) is 7.49. The molecule has 0 aliphatic rings. The Hall–Kier alpha value is -2.65. The van der Waals surface area contributed by atoms with E-state index in [9.17, 15) is 4.79 Å². The van der Waals surface area contributed by atoms with Crippen molar-refractivity contribution in [3.63, 3.8) is 0 Å². The van der Waals surface area contributed by atoms with Crippen molar-refractivity contribution in [1.29, 1.82) is 0 Å². The Morgan fingerprint density at radius 3 is 2.44 bits per heavy atom. The molecule has 0 fully saturated rings. The van der Waals surface area contributed by atoms with Gasteiger partial charge < -0.3 is 10.5 Å². The van der Waals surface area contributed by atoms with Gasteiger partial charge in [-0.25, -0.2) is 0 Å². The van der Waals surface area contributed by atoms with Crippen LogP contribution in [0.25, 0.3) is 10.8 Å². The van der Waals surface area contributed by atoms with E-state index in [-0.39, 0.29) is 12.6 Å². The standard InChI is InChI=1S/C22H23NO2/c1-15-10-16(2)12-17(11-15)14-25-22(24)21(23)13-19-8-5-7-18-6-3-4-9-20(18)19/h3-12,21H,13-14,23H2,1-2H3/t21-/m0/s1. The molecule has 3 aromatic carbocycles. The van der Waals surface area contributed by atoms with Crippen LogP contribution in [-0.2, 0) is 22.6 Å². The van der Waals surface area contributed by atoms with Crippen molar-refractivity contribution in [2.75, 3.05) is 0 Å². The minimum atomic E-state index is -0.670. The van der Waals surface area contributed by atoms with Crippen molar-refractivity contribution >= 4 is 16.7 Å². The lowest BCUT2D eigenvalue weighted by Gasteiger charge is -2.14. The van der Waals surface area contributed by atoms with Gasteiger partial charge in [-0.2, -0.15) is 0 Å². The van der Waals surface area contributed by atoms with Gasteiger partial charge in [-0.1, -0.05) is 71.8 Å². The molecule has 25 heavy (non-hydrogen) atoms. The van der Waals surface area contributed by atoms with Crippen molar-refractivity contribution in [3.8, 4) is 0 Å². The number of aryl methyl sites for hydroxylation is 2. The summed E-state index contributed by atoms with van der Waals surface area (Å²) in [6.45, 7) is 4.32. The summed E-state index contributed by atoms with van der Waals surface area (Å²) in [4.78, 5) is 12.3. The van der Waals surface area contributed by atoms with Crippen LogP contribution in [0, 0.1) is 13.8 Å². The smallest absolute Gasteiger partial charge is 0.323 e. The zero-order valence-corrected chi connectivity index (χ0v) is 14.7. The summed E-state index contributed by atoms with van der Waals surface area (Å²) in [5.41, 5.74) is 10.5. The molecular weight excluding hydrogens is 310 g/mol.